The monoisotopic (exact) mass is 788 g/mol. The van der Waals surface area contributed by atoms with Crippen LogP contribution in [0.3, 0.4) is 0 Å². The van der Waals surface area contributed by atoms with Crippen LogP contribution in [0.1, 0.15) is 258 Å². The molecule has 0 heterocycles. The summed E-state index contributed by atoms with van der Waals surface area (Å²) in [7, 11) is 0. The number of carbonyl (C=O) groups excluding carboxylic acids is 1. The Morgan fingerprint density at radius 2 is 0.732 bits per heavy atom. The van der Waals surface area contributed by atoms with Gasteiger partial charge < -0.3 is 20.6 Å². The molecule has 0 fully saturated rings. The lowest BCUT2D eigenvalue weighted by molar-refractivity contribution is -0.131. The topological polar surface area (TPSA) is 89.8 Å². The molecule has 0 saturated carbocycles. The Kier molecular flexibility index (Phi) is 45.1. The second-order valence-corrected chi connectivity index (χ2v) is 17.0. The van der Waals surface area contributed by atoms with E-state index in [2.05, 4.69) is 43.5 Å². The fourth-order valence-corrected chi connectivity index (χ4v) is 7.57. The van der Waals surface area contributed by atoms with Crippen LogP contribution in [0.5, 0.6) is 0 Å². The molecule has 0 spiro atoms. The van der Waals surface area contributed by atoms with Gasteiger partial charge in [-0.2, -0.15) is 0 Å². The summed E-state index contributed by atoms with van der Waals surface area (Å²) in [4.78, 5) is 12.5. The average Bonchev–Trinajstić information content (AvgIpc) is 3.20. The van der Waals surface area contributed by atoms with Crippen molar-refractivity contribution in [2.45, 2.75) is 276 Å². The van der Waals surface area contributed by atoms with Crippen LogP contribution in [-0.2, 0) is 4.79 Å². The molecule has 56 heavy (non-hydrogen) atoms. The van der Waals surface area contributed by atoms with E-state index in [4.69, 9.17) is 0 Å². The molecule has 3 unspecified atom stereocenters. The van der Waals surface area contributed by atoms with Crippen molar-refractivity contribution < 1.29 is 20.1 Å². The van der Waals surface area contributed by atoms with Gasteiger partial charge in [0.1, 0.15) is 6.10 Å². The zero-order chi connectivity index (χ0) is 40.8. The maximum absolute atomic E-state index is 12.5. The second-order valence-electron chi connectivity index (χ2n) is 17.0. The van der Waals surface area contributed by atoms with Crippen molar-refractivity contribution in [3.05, 3.63) is 36.5 Å². The van der Waals surface area contributed by atoms with Crippen LogP contribution in [0.4, 0.5) is 0 Å². The molecule has 0 rings (SSSR count). The minimum absolute atomic E-state index is 0.379. The fourth-order valence-electron chi connectivity index (χ4n) is 7.57. The fraction of sp³-hybridized carbons (Fsp3) is 0.863. The summed E-state index contributed by atoms with van der Waals surface area (Å²) in [5, 5.41) is 33.2. The molecule has 4 N–H and O–H groups in total. The highest BCUT2D eigenvalue weighted by Gasteiger charge is 2.22. The highest BCUT2D eigenvalue weighted by molar-refractivity contribution is 5.80. The molecule has 0 bridgehead atoms. The van der Waals surface area contributed by atoms with Gasteiger partial charge in [0.15, 0.2) is 0 Å². The Morgan fingerprint density at radius 1 is 0.429 bits per heavy atom. The van der Waals surface area contributed by atoms with Gasteiger partial charge in [-0.1, -0.05) is 249 Å². The predicted octanol–water partition coefficient (Wildman–Crippen LogP) is 14.7. The number of aliphatic hydroxyl groups excluding tert-OH is 3. The van der Waals surface area contributed by atoms with Crippen LogP contribution in [0.15, 0.2) is 36.5 Å². The molecule has 5 nitrogen and oxygen atoms in total. The Labute approximate surface area is 349 Å². The van der Waals surface area contributed by atoms with Crippen LogP contribution in [0, 0.1) is 0 Å². The van der Waals surface area contributed by atoms with Crippen molar-refractivity contribution in [1.29, 1.82) is 0 Å². The van der Waals surface area contributed by atoms with Gasteiger partial charge in [-0.25, -0.2) is 0 Å². The molecule has 0 aliphatic rings. The van der Waals surface area contributed by atoms with Crippen molar-refractivity contribution in [3.63, 3.8) is 0 Å². The number of rotatable bonds is 45. The van der Waals surface area contributed by atoms with Gasteiger partial charge in [0.25, 0.3) is 0 Å². The summed E-state index contributed by atoms with van der Waals surface area (Å²) >= 11 is 0. The first-order valence-electron chi connectivity index (χ1n) is 24.8. The summed E-state index contributed by atoms with van der Waals surface area (Å²) in [6, 6.07) is -0.819. The van der Waals surface area contributed by atoms with Crippen LogP contribution in [0.25, 0.3) is 0 Å². The van der Waals surface area contributed by atoms with Gasteiger partial charge in [-0.15, -0.1) is 0 Å². The molecule has 0 aromatic carbocycles. The number of hydrogen-bond donors (Lipinski definition) is 4. The third-order valence-electron chi connectivity index (χ3n) is 11.5. The van der Waals surface area contributed by atoms with Crippen molar-refractivity contribution in [2.75, 3.05) is 6.61 Å². The van der Waals surface area contributed by atoms with Gasteiger partial charge in [0, 0.05) is 0 Å². The first-order valence-corrected chi connectivity index (χ1v) is 24.8. The molecule has 330 valence electrons. The highest BCUT2D eigenvalue weighted by atomic mass is 16.3. The molecule has 0 saturated heterocycles. The maximum Gasteiger partial charge on any atom is 0.249 e. The van der Waals surface area contributed by atoms with Crippen molar-refractivity contribution in [1.82, 2.24) is 5.32 Å². The summed E-state index contributed by atoms with van der Waals surface area (Å²) in [5.41, 5.74) is 0. The summed E-state index contributed by atoms with van der Waals surface area (Å²) < 4.78 is 0. The van der Waals surface area contributed by atoms with Gasteiger partial charge in [0.2, 0.25) is 5.91 Å². The Morgan fingerprint density at radius 3 is 1.09 bits per heavy atom. The average molecular weight is 788 g/mol. The van der Waals surface area contributed by atoms with E-state index in [9.17, 15) is 20.1 Å². The molecule has 0 aliphatic heterocycles. The van der Waals surface area contributed by atoms with Gasteiger partial charge in [-0.05, 0) is 44.9 Å². The smallest absolute Gasteiger partial charge is 0.249 e. The van der Waals surface area contributed by atoms with Gasteiger partial charge >= 0.3 is 0 Å². The van der Waals surface area contributed by atoms with E-state index in [0.717, 1.165) is 44.9 Å². The Hall–Kier alpha value is -1.43. The number of hydrogen-bond acceptors (Lipinski definition) is 4. The standard InChI is InChI=1S/C51H97NO4/c1-3-5-7-9-11-13-15-17-19-21-23-24-25-26-28-30-32-34-36-38-40-42-44-46-50(55)51(56)52-48(47-53)49(54)45-43-41-39-37-35-33-31-29-27-22-20-18-16-14-12-10-8-6-4-2/h27,29,35,37,43,45,48-50,53-55H,3-26,28,30-34,36,38-42,44,46-47H2,1-2H3,(H,52,56)/b29-27+,37-35+,45-43+. The molecule has 0 aliphatic carbocycles. The van der Waals surface area contributed by atoms with Crippen LogP contribution in [-0.4, -0.2) is 46.1 Å². The zero-order valence-electron chi connectivity index (χ0n) is 37.5. The van der Waals surface area contributed by atoms with E-state index in [1.807, 2.05) is 6.08 Å². The Balaban J connectivity index is 3.66. The predicted molar refractivity (Wildman–Crippen MR) is 245 cm³/mol. The summed E-state index contributed by atoms with van der Waals surface area (Å²) in [5.74, 6) is -0.513. The molecule has 5 heteroatoms. The molecule has 1 amide bonds. The second kappa shape index (κ2) is 46.3. The Bertz CT molecular complexity index is 870. The van der Waals surface area contributed by atoms with Crippen molar-refractivity contribution in [2.24, 2.45) is 0 Å². The van der Waals surface area contributed by atoms with E-state index in [1.165, 1.54) is 193 Å². The lowest BCUT2D eigenvalue weighted by Crippen LogP contribution is -2.48. The van der Waals surface area contributed by atoms with Crippen molar-refractivity contribution >= 4 is 5.91 Å². The van der Waals surface area contributed by atoms with E-state index >= 15 is 0 Å². The lowest BCUT2D eigenvalue weighted by Gasteiger charge is -2.21. The first-order chi connectivity index (χ1) is 27.6. The zero-order valence-corrected chi connectivity index (χ0v) is 37.5. The molecule has 0 aromatic rings. The number of unbranched alkanes of at least 4 members (excludes halogenated alkanes) is 33. The van der Waals surface area contributed by atoms with E-state index in [1.54, 1.807) is 6.08 Å². The number of aliphatic hydroxyl groups is 3. The molecular formula is C51H97NO4. The third kappa shape index (κ3) is 40.8. The third-order valence-corrected chi connectivity index (χ3v) is 11.5. The minimum Gasteiger partial charge on any atom is -0.394 e. The minimum atomic E-state index is -1.11. The van der Waals surface area contributed by atoms with Crippen molar-refractivity contribution in [3.8, 4) is 0 Å². The van der Waals surface area contributed by atoms with E-state index in [-0.39, 0.29) is 6.61 Å². The molecule has 0 radical (unpaired) electrons. The quantitative estimate of drug-likeness (QED) is 0.0365. The number of nitrogens with one attached hydrogen (secondary N) is 1. The first kappa shape index (κ1) is 54.6. The highest BCUT2D eigenvalue weighted by Crippen LogP contribution is 2.16. The van der Waals surface area contributed by atoms with Crippen LogP contribution >= 0.6 is 0 Å². The summed E-state index contributed by atoms with van der Waals surface area (Å²) in [6.45, 7) is 4.18. The van der Waals surface area contributed by atoms with Crippen LogP contribution in [0.2, 0.25) is 0 Å². The number of allylic oxidation sites excluding steroid dienone is 5. The molecule has 3 atom stereocenters. The van der Waals surface area contributed by atoms with Crippen LogP contribution < -0.4 is 5.32 Å². The molecular weight excluding hydrogens is 691 g/mol. The van der Waals surface area contributed by atoms with Gasteiger partial charge in [-0.3, -0.25) is 4.79 Å². The molecule has 0 aromatic heterocycles. The van der Waals surface area contributed by atoms with E-state index in [0.29, 0.717) is 6.42 Å². The largest absolute Gasteiger partial charge is 0.394 e. The number of carbonyl (C=O) groups is 1. The lowest BCUT2D eigenvalue weighted by atomic mass is 10.0. The summed E-state index contributed by atoms with van der Waals surface area (Å²) in [6.07, 6.45) is 59.1. The van der Waals surface area contributed by atoms with E-state index < -0.39 is 24.2 Å². The maximum atomic E-state index is 12.5. The number of amides is 1. The SMILES string of the molecule is CCCCCCCCCCC/C=C/CC/C=C/CC/C=C/C(O)C(CO)NC(=O)C(O)CCCCCCCCCCCCCCCCCCCCCCCCC. The van der Waals surface area contributed by atoms with Gasteiger partial charge in [0.05, 0.1) is 18.8 Å². The normalized spacial score (nSPS) is 13.7.